The Morgan fingerprint density at radius 1 is 1.19 bits per heavy atom. The molecule has 4 nitrogen and oxygen atoms in total. The Morgan fingerprint density at radius 3 is 2.54 bits per heavy atom. The van der Waals surface area contributed by atoms with Crippen LogP contribution in [0.3, 0.4) is 0 Å². The molecule has 2 N–H and O–H groups in total. The highest BCUT2D eigenvalue weighted by atomic mass is 35.5. The predicted octanol–water partition coefficient (Wildman–Crippen LogP) is 4.30. The summed E-state index contributed by atoms with van der Waals surface area (Å²) in [5, 5.41) is 7.36. The van der Waals surface area contributed by atoms with E-state index in [0.29, 0.717) is 22.3 Å². The zero-order valence-corrected chi connectivity index (χ0v) is 16.1. The highest BCUT2D eigenvalue weighted by molar-refractivity contribution is 7.80. The van der Waals surface area contributed by atoms with Crippen LogP contribution in [0.2, 0.25) is 5.02 Å². The quantitative estimate of drug-likeness (QED) is 0.750. The molecule has 0 amide bonds. The molecule has 0 spiro atoms. The molecule has 1 atom stereocenters. The topological polar surface area (TPSA) is 50.4 Å². The van der Waals surface area contributed by atoms with Crippen molar-refractivity contribution in [3.63, 3.8) is 0 Å². The highest BCUT2D eigenvalue weighted by Gasteiger charge is 2.27. The lowest BCUT2D eigenvalue weighted by Gasteiger charge is -2.29. The van der Waals surface area contributed by atoms with Crippen LogP contribution in [0, 0.1) is 0 Å². The largest absolute Gasteiger partial charge is 0.489 e. The molecule has 0 fully saturated rings. The minimum atomic E-state index is -0.265. The van der Waals surface area contributed by atoms with E-state index >= 15 is 0 Å². The van der Waals surface area contributed by atoms with Gasteiger partial charge in [0.25, 0.3) is 0 Å². The standard InChI is InChI=1S/C20H19ClN2O2S/c1-12-18(13(2)24)19(23-20(26)22-12)14-7-9-16(10-8-14)25-11-15-5-3-4-6-17(15)21/h3-10,19H,11H2,1-2H3,(H2,22,23,26). The van der Waals surface area contributed by atoms with Gasteiger partial charge >= 0.3 is 0 Å². The fraction of sp³-hybridized carbons (Fsp3) is 0.200. The number of Topliss-reactive ketones (excluding diaryl/α,β-unsaturated/α-hetero) is 1. The molecule has 0 bridgehead atoms. The van der Waals surface area contributed by atoms with Gasteiger partial charge in [-0.2, -0.15) is 0 Å². The molecular formula is C20H19ClN2O2S. The first kappa shape index (κ1) is 18.4. The first-order chi connectivity index (χ1) is 12.5. The van der Waals surface area contributed by atoms with Crippen LogP contribution in [-0.4, -0.2) is 10.9 Å². The van der Waals surface area contributed by atoms with Gasteiger partial charge in [0.05, 0.1) is 6.04 Å². The number of carbonyl (C=O) groups is 1. The molecule has 1 unspecified atom stereocenters. The van der Waals surface area contributed by atoms with Gasteiger partial charge in [-0.25, -0.2) is 0 Å². The number of carbonyl (C=O) groups excluding carboxylic acids is 1. The van der Waals surface area contributed by atoms with Gasteiger partial charge in [0.1, 0.15) is 12.4 Å². The maximum atomic E-state index is 12.0. The van der Waals surface area contributed by atoms with E-state index in [1.54, 1.807) is 6.92 Å². The van der Waals surface area contributed by atoms with Crippen LogP contribution in [0.4, 0.5) is 0 Å². The molecule has 3 rings (SSSR count). The molecule has 1 aliphatic heterocycles. The number of ketones is 1. The van der Waals surface area contributed by atoms with E-state index in [0.717, 1.165) is 22.6 Å². The van der Waals surface area contributed by atoms with Gasteiger partial charge in [-0.3, -0.25) is 4.79 Å². The SMILES string of the molecule is CC(=O)C1=C(C)NC(=S)NC1c1ccc(OCc2ccccc2Cl)cc1. The van der Waals surface area contributed by atoms with E-state index in [9.17, 15) is 4.79 Å². The van der Waals surface area contributed by atoms with Crippen LogP contribution >= 0.6 is 23.8 Å². The number of ether oxygens (including phenoxy) is 1. The number of nitrogens with one attached hydrogen (secondary N) is 2. The van der Waals surface area contributed by atoms with Crippen LogP contribution in [0.1, 0.15) is 31.0 Å². The number of benzene rings is 2. The second kappa shape index (κ2) is 7.89. The van der Waals surface area contributed by atoms with Gasteiger partial charge in [-0.05, 0) is 49.8 Å². The summed E-state index contributed by atoms with van der Waals surface area (Å²) in [5.74, 6) is 0.740. The molecule has 134 valence electrons. The molecule has 6 heteroatoms. The Balaban J connectivity index is 1.76. The number of rotatable bonds is 5. The fourth-order valence-electron chi connectivity index (χ4n) is 2.94. The van der Waals surface area contributed by atoms with Crippen molar-refractivity contribution in [3.05, 3.63) is 76.0 Å². The number of hydrogen-bond acceptors (Lipinski definition) is 3. The molecule has 0 aliphatic carbocycles. The Hall–Kier alpha value is -2.37. The summed E-state index contributed by atoms with van der Waals surface area (Å²) in [6, 6.07) is 15.0. The third kappa shape index (κ3) is 4.06. The molecule has 1 heterocycles. The molecule has 0 saturated carbocycles. The van der Waals surface area contributed by atoms with E-state index in [-0.39, 0.29) is 11.8 Å². The Labute approximate surface area is 163 Å². The van der Waals surface area contributed by atoms with Crippen molar-refractivity contribution in [1.82, 2.24) is 10.6 Å². The lowest BCUT2D eigenvalue weighted by atomic mass is 9.93. The van der Waals surface area contributed by atoms with Gasteiger partial charge in [0.2, 0.25) is 0 Å². The van der Waals surface area contributed by atoms with Crippen LogP contribution in [0.5, 0.6) is 5.75 Å². The van der Waals surface area contributed by atoms with Crippen LogP contribution in [0.15, 0.2) is 59.8 Å². The second-order valence-corrected chi connectivity index (χ2v) is 6.89. The van der Waals surface area contributed by atoms with E-state index in [1.807, 2.05) is 55.5 Å². The highest BCUT2D eigenvalue weighted by Crippen LogP contribution is 2.28. The number of allylic oxidation sites excluding steroid dienone is 1. The summed E-state index contributed by atoms with van der Waals surface area (Å²) in [4.78, 5) is 12.0. The van der Waals surface area contributed by atoms with Crippen LogP contribution in [0.25, 0.3) is 0 Å². The molecular weight excluding hydrogens is 368 g/mol. The molecule has 0 aromatic heterocycles. The molecule has 2 aromatic carbocycles. The summed E-state index contributed by atoms with van der Waals surface area (Å²) in [6.45, 7) is 3.81. The summed E-state index contributed by atoms with van der Waals surface area (Å²) >= 11 is 11.4. The normalized spacial score (nSPS) is 16.7. The van der Waals surface area contributed by atoms with Gasteiger partial charge < -0.3 is 15.4 Å². The lowest BCUT2D eigenvalue weighted by molar-refractivity contribution is -0.114. The maximum absolute atomic E-state index is 12.0. The van der Waals surface area contributed by atoms with Gasteiger partial charge in [0, 0.05) is 21.9 Å². The first-order valence-corrected chi connectivity index (χ1v) is 8.99. The first-order valence-electron chi connectivity index (χ1n) is 8.21. The van der Waals surface area contributed by atoms with Crippen molar-refractivity contribution in [1.29, 1.82) is 0 Å². The Bertz CT molecular complexity index is 878. The predicted molar refractivity (Wildman–Crippen MR) is 107 cm³/mol. The van der Waals surface area contributed by atoms with Crippen molar-refractivity contribution in [2.75, 3.05) is 0 Å². The third-order valence-electron chi connectivity index (χ3n) is 4.21. The van der Waals surface area contributed by atoms with Crippen LogP contribution < -0.4 is 15.4 Å². The molecule has 26 heavy (non-hydrogen) atoms. The van der Waals surface area contributed by atoms with E-state index in [1.165, 1.54) is 0 Å². The van der Waals surface area contributed by atoms with Crippen molar-refractivity contribution in [2.24, 2.45) is 0 Å². The summed E-state index contributed by atoms with van der Waals surface area (Å²) in [7, 11) is 0. The number of hydrogen-bond donors (Lipinski definition) is 2. The third-order valence-corrected chi connectivity index (χ3v) is 4.80. The van der Waals surface area contributed by atoms with Crippen molar-refractivity contribution in [3.8, 4) is 5.75 Å². The molecule has 0 saturated heterocycles. The zero-order valence-electron chi connectivity index (χ0n) is 14.5. The van der Waals surface area contributed by atoms with E-state index in [2.05, 4.69) is 10.6 Å². The fourth-order valence-corrected chi connectivity index (χ4v) is 3.41. The molecule has 0 radical (unpaired) electrons. The monoisotopic (exact) mass is 386 g/mol. The lowest BCUT2D eigenvalue weighted by Crippen LogP contribution is -2.44. The van der Waals surface area contributed by atoms with Gasteiger partial charge in [0.15, 0.2) is 10.9 Å². The number of thiocarbonyl (C=S) groups is 1. The average molecular weight is 387 g/mol. The van der Waals surface area contributed by atoms with Crippen molar-refractivity contribution in [2.45, 2.75) is 26.5 Å². The minimum Gasteiger partial charge on any atom is -0.489 e. The average Bonchev–Trinajstić information content (AvgIpc) is 2.60. The maximum Gasteiger partial charge on any atom is 0.171 e. The Morgan fingerprint density at radius 2 is 1.88 bits per heavy atom. The zero-order chi connectivity index (χ0) is 18.7. The summed E-state index contributed by atoms with van der Waals surface area (Å²) in [5.41, 5.74) is 3.35. The van der Waals surface area contributed by atoms with E-state index < -0.39 is 0 Å². The smallest absolute Gasteiger partial charge is 0.171 e. The van der Waals surface area contributed by atoms with Crippen molar-refractivity contribution >= 4 is 34.7 Å². The van der Waals surface area contributed by atoms with Crippen molar-refractivity contribution < 1.29 is 9.53 Å². The van der Waals surface area contributed by atoms with E-state index in [4.69, 9.17) is 28.6 Å². The molecule has 1 aliphatic rings. The second-order valence-electron chi connectivity index (χ2n) is 6.08. The Kier molecular flexibility index (Phi) is 5.59. The van der Waals surface area contributed by atoms with Gasteiger partial charge in [-0.1, -0.05) is 41.9 Å². The minimum absolute atomic E-state index is 0.00838. The summed E-state index contributed by atoms with van der Waals surface area (Å²) in [6.07, 6.45) is 0. The molecule has 2 aromatic rings. The van der Waals surface area contributed by atoms with Gasteiger partial charge in [-0.15, -0.1) is 0 Å². The number of halogens is 1. The van der Waals surface area contributed by atoms with Crippen LogP contribution in [-0.2, 0) is 11.4 Å². The summed E-state index contributed by atoms with van der Waals surface area (Å²) < 4.78 is 5.81.